The van der Waals surface area contributed by atoms with Gasteiger partial charge in [0.15, 0.2) is 0 Å². The zero-order valence-corrected chi connectivity index (χ0v) is 9.95. The number of aromatic carboxylic acids is 1. The van der Waals surface area contributed by atoms with Crippen molar-refractivity contribution in [3.8, 4) is 0 Å². The highest BCUT2D eigenvalue weighted by molar-refractivity contribution is 6.23. The lowest BCUT2D eigenvalue weighted by atomic mass is 10.00. The Bertz CT molecular complexity index is 521. The van der Waals surface area contributed by atoms with Gasteiger partial charge in [-0.15, -0.1) is 0 Å². The number of pyridine rings is 1. The van der Waals surface area contributed by atoms with Crippen LogP contribution in [0.1, 0.15) is 24.2 Å². The van der Waals surface area contributed by atoms with Crippen molar-refractivity contribution in [2.45, 2.75) is 13.8 Å². The molecular formula is C12H12N2O4. The van der Waals surface area contributed by atoms with E-state index in [1.165, 1.54) is 18.5 Å². The second-order valence-corrected chi connectivity index (χ2v) is 4.29. The van der Waals surface area contributed by atoms with Crippen LogP contribution in [0, 0.1) is 11.8 Å². The number of imide groups is 1. The molecule has 0 aliphatic carbocycles. The first-order chi connectivity index (χ1) is 8.45. The molecule has 6 heteroatoms. The average Bonchev–Trinajstić information content (AvgIpc) is 2.54. The Kier molecular flexibility index (Phi) is 2.86. The fourth-order valence-corrected chi connectivity index (χ4v) is 1.93. The topological polar surface area (TPSA) is 87.6 Å². The predicted octanol–water partition coefficient (Wildman–Crippen LogP) is 0.925. The van der Waals surface area contributed by atoms with E-state index in [1.54, 1.807) is 13.8 Å². The third-order valence-electron chi connectivity index (χ3n) is 3.24. The fourth-order valence-electron chi connectivity index (χ4n) is 1.93. The molecule has 1 fully saturated rings. The minimum absolute atomic E-state index is 0.0381. The first-order valence-electron chi connectivity index (χ1n) is 5.50. The van der Waals surface area contributed by atoms with Crippen LogP contribution in [0.4, 0.5) is 5.69 Å². The number of hydrogen-bond acceptors (Lipinski definition) is 4. The highest BCUT2D eigenvalue weighted by atomic mass is 16.4. The lowest BCUT2D eigenvalue weighted by Gasteiger charge is -2.16. The van der Waals surface area contributed by atoms with E-state index in [4.69, 9.17) is 5.11 Å². The highest BCUT2D eigenvalue weighted by Gasteiger charge is 2.44. The number of amides is 2. The standard InChI is InChI=1S/C12H12N2O4/c1-6-7(2)11(16)14(10(6)15)9-5-13-4-3-8(9)12(17)18/h3-7H,1-2H3,(H,17,18). The van der Waals surface area contributed by atoms with E-state index in [-0.39, 0.29) is 23.1 Å². The number of aromatic nitrogens is 1. The quantitative estimate of drug-likeness (QED) is 0.786. The van der Waals surface area contributed by atoms with Crippen LogP contribution in [-0.4, -0.2) is 27.9 Å². The Hall–Kier alpha value is -2.24. The second-order valence-electron chi connectivity index (χ2n) is 4.29. The van der Waals surface area contributed by atoms with Gasteiger partial charge in [0, 0.05) is 18.0 Å². The normalized spacial score (nSPS) is 23.6. The van der Waals surface area contributed by atoms with Crippen LogP contribution >= 0.6 is 0 Å². The molecule has 6 nitrogen and oxygen atoms in total. The summed E-state index contributed by atoms with van der Waals surface area (Å²) in [5.74, 6) is -2.86. The summed E-state index contributed by atoms with van der Waals surface area (Å²) in [6.45, 7) is 3.31. The monoisotopic (exact) mass is 248 g/mol. The van der Waals surface area contributed by atoms with Gasteiger partial charge in [-0.25, -0.2) is 9.69 Å². The first-order valence-corrected chi connectivity index (χ1v) is 5.50. The van der Waals surface area contributed by atoms with Crippen LogP contribution in [0.25, 0.3) is 0 Å². The average molecular weight is 248 g/mol. The smallest absolute Gasteiger partial charge is 0.337 e. The molecule has 0 bridgehead atoms. The van der Waals surface area contributed by atoms with Gasteiger partial charge in [0.1, 0.15) is 0 Å². The number of carboxylic acids is 1. The number of rotatable bonds is 2. The molecule has 0 saturated carbocycles. The number of nitrogens with zero attached hydrogens (tertiary/aromatic N) is 2. The van der Waals surface area contributed by atoms with Gasteiger partial charge in [-0.1, -0.05) is 13.8 Å². The van der Waals surface area contributed by atoms with Gasteiger partial charge in [-0.3, -0.25) is 14.6 Å². The van der Waals surface area contributed by atoms with E-state index in [0.717, 1.165) is 4.90 Å². The van der Waals surface area contributed by atoms with Crippen LogP contribution in [0.15, 0.2) is 18.5 Å². The molecule has 2 rings (SSSR count). The third-order valence-corrected chi connectivity index (χ3v) is 3.24. The van der Waals surface area contributed by atoms with Gasteiger partial charge in [0.2, 0.25) is 11.8 Å². The van der Waals surface area contributed by atoms with E-state index in [1.807, 2.05) is 0 Å². The summed E-state index contributed by atoms with van der Waals surface area (Å²) in [6.07, 6.45) is 2.54. The lowest BCUT2D eigenvalue weighted by Crippen LogP contribution is -2.32. The third kappa shape index (κ3) is 1.66. The summed E-state index contributed by atoms with van der Waals surface area (Å²) < 4.78 is 0. The highest BCUT2D eigenvalue weighted by Crippen LogP contribution is 2.31. The minimum Gasteiger partial charge on any atom is -0.478 e. The van der Waals surface area contributed by atoms with Crippen molar-refractivity contribution in [3.05, 3.63) is 24.0 Å². The zero-order chi connectivity index (χ0) is 13.4. The number of anilines is 1. The maximum absolute atomic E-state index is 12.0. The number of carbonyl (C=O) groups excluding carboxylic acids is 2. The number of hydrogen-bond donors (Lipinski definition) is 1. The summed E-state index contributed by atoms with van der Waals surface area (Å²) >= 11 is 0. The number of carboxylic acid groups (broad SMARTS) is 1. The minimum atomic E-state index is -1.19. The van der Waals surface area contributed by atoms with Crippen molar-refractivity contribution >= 4 is 23.5 Å². The van der Waals surface area contributed by atoms with Gasteiger partial charge in [-0.05, 0) is 6.07 Å². The molecule has 18 heavy (non-hydrogen) atoms. The van der Waals surface area contributed by atoms with Crippen LogP contribution in [0.2, 0.25) is 0 Å². The molecular weight excluding hydrogens is 236 g/mol. The van der Waals surface area contributed by atoms with Crippen molar-refractivity contribution in [2.24, 2.45) is 11.8 Å². The maximum Gasteiger partial charge on any atom is 0.337 e. The predicted molar refractivity (Wildman–Crippen MR) is 62.0 cm³/mol. The summed E-state index contributed by atoms with van der Waals surface area (Å²) in [7, 11) is 0. The molecule has 1 saturated heterocycles. The lowest BCUT2D eigenvalue weighted by molar-refractivity contribution is -0.122. The van der Waals surface area contributed by atoms with Crippen LogP contribution in [0.5, 0.6) is 0 Å². The van der Waals surface area contributed by atoms with E-state index in [2.05, 4.69) is 4.98 Å². The van der Waals surface area contributed by atoms with E-state index in [9.17, 15) is 14.4 Å². The Balaban J connectivity index is 2.53. The molecule has 94 valence electrons. The van der Waals surface area contributed by atoms with Crippen LogP contribution < -0.4 is 4.90 Å². The van der Waals surface area contributed by atoms with Gasteiger partial charge in [-0.2, -0.15) is 0 Å². The van der Waals surface area contributed by atoms with Gasteiger partial charge < -0.3 is 5.11 Å². The van der Waals surface area contributed by atoms with Crippen LogP contribution in [-0.2, 0) is 9.59 Å². The van der Waals surface area contributed by atoms with E-state index < -0.39 is 17.8 Å². The first kappa shape index (κ1) is 12.2. The van der Waals surface area contributed by atoms with Crippen molar-refractivity contribution < 1.29 is 19.5 Å². The van der Waals surface area contributed by atoms with Crippen molar-refractivity contribution in [2.75, 3.05) is 4.90 Å². The molecule has 1 aromatic heterocycles. The van der Waals surface area contributed by atoms with Gasteiger partial charge in [0.25, 0.3) is 0 Å². The van der Waals surface area contributed by atoms with Gasteiger partial charge >= 0.3 is 5.97 Å². The summed E-state index contributed by atoms with van der Waals surface area (Å²) in [5, 5.41) is 9.05. The SMILES string of the molecule is CC1C(=O)N(c2cnccc2C(=O)O)C(=O)C1C. The molecule has 2 unspecified atom stereocenters. The zero-order valence-electron chi connectivity index (χ0n) is 9.95. The van der Waals surface area contributed by atoms with E-state index in [0.29, 0.717) is 0 Å². The van der Waals surface area contributed by atoms with E-state index >= 15 is 0 Å². The van der Waals surface area contributed by atoms with Crippen LogP contribution in [0.3, 0.4) is 0 Å². The molecule has 1 aliphatic heterocycles. The van der Waals surface area contributed by atoms with Crippen molar-refractivity contribution in [1.29, 1.82) is 0 Å². The molecule has 2 heterocycles. The maximum atomic E-state index is 12.0. The largest absolute Gasteiger partial charge is 0.478 e. The molecule has 2 atom stereocenters. The molecule has 0 aromatic carbocycles. The summed E-state index contributed by atoms with van der Waals surface area (Å²) in [4.78, 5) is 39.8. The van der Waals surface area contributed by atoms with Crippen molar-refractivity contribution in [3.63, 3.8) is 0 Å². The van der Waals surface area contributed by atoms with Gasteiger partial charge in [0.05, 0.1) is 17.4 Å². The molecule has 1 aliphatic rings. The Morgan fingerprint density at radius 2 is 1.83 bits per heavy atom. The molecule has 1 N–H and O–H groups in total. The molecule has 0 radical (unpaired) electrons. The van der Waals surface area contributed by atoms with Crippen molar-refractivity contribution in [1.82, 2.24) is 4.98 Å². The molecule has 2 amide bonds. The number of carbonyl (C=O) groups is 3. The Morgan fingerprint density at radius 1 is 1.28 bits per heavy atom. The Morgan fingerprint density at radius 3 is 2.33 bits per heavy atom. The molecule has 0 spiro atoms. The summed E-state index contributed by atoms with van der Waals surface area (Å²) in [5.41, 5.74) is -0.0656. The fraction of sp³-hybridized carbons (Fsp3) is 0.333. The second kappa shape index (κ2) is 4.21. The Labute approximate surface area is 103 Å². The summed E-state index contributed by atoms with van der Waals surface area (Å²) in [6, 6.07) is 1.27. The molecule has 1 aromatic rings.